The van der Waals surface area contributed by atoms with Crippen molar-refractivity contribution in [2.24, 2.45) is 0 Å². The summed E-state index contributed by atoms with van der Waals surface area (Å²) in [5.41, 5.74) is 0.0450. The topological polar surface area (TPSA) is 38.8 Å². The van der Waals surface area contributed by atoms with Gasteiger partial charge in [-0.1, -0.05) is 23.7 Å². The number of ether oxygens (including phenoxy) is 2. The Kier molecular flexibility index (Phi) is 5.73. The summed E-state index contributed by atoms with van der Waals surface area (Å²) in [7, 11) is 3.39. The zero-order chi connectivity index (χ0) is 17.7. The number of carbonyl (C=O) groups is 1. The van der Waals surface area contributed by atoms with Crippen molar-refractivity contribution in [2.45, 2.75) is 26.0 Å². The first kappa shape index (κ1) is 18.1. The SMILES string of the molecule is COc1ccc(CN(C)C(=O)C(C)(C)Oc2ccc(Cl)cc2)cc1. The molecule has 2 aromatic rings. The number of hydrogen-bond acceptors (Lipinski definition) is 3. The lowest BCUT2D eigenvalue weighted by Gasteiger charge is -2.30. The highest BCUT2D eigenvalue weighted by atomic mass is 35.5. The number of nitrogens with zero attached hydrogens (tertiary/aromatic N) is 1. The second kappa shape index (κ2) is 7.58. The van der Waals surface area contributed by atoms with Crippen molar-refractivity contribution < 1.29 is 14.3 Å². The molecule has 24 heavy (non-hydrogen) atoms. The van der Waals surface area contributed by atoms with Crippen LogP contribution >= 0.6 is 11.6 Å². The summed E-state index contributed by atoms with van der Waals surface area (Å²) in [5.74, 6) is 1.29. The zero-order valence-electron chi connectivity index (χ0n) is 14.4. The van der Waals surface area contributed by atoms with Crippen molar-refractivity contribution in [3.63, 3.8) is 0 Å². The standard InChI is InChI=1S/C19H22ClNO3/c1-19(2,24-17-11-7-15(20)8-12-17)18(22)21(3)13-14-5-9-16(23-4)10-6-14/h5-12H,13H2,1-4H3. The summed E-state index contributed by atoms with van der Waals surface area (Å²) in [6, 6.07) is 14.6. The van der Waals surface area contributed by atoms with Crippen LogP contribution in [0.4, 0.5) is 0 Å². The van der Waals surface area contributed by atoms with Crippen LogP contribution in [0.25, 0.3) is 0 Å². The molecule has 0 saturated heterocycles. The van der Waals surface area contributed by atoms with E-state index in [9.17, 15) is 4.79 Å². The highest BCUT2D eigenvalue weighted by Gasteiger charge is 2.32. The Morgan fingerprint density at radius 1 is 1.04 bits per heavy atom. The lowest BCUT2D eigenvalue weighted by molar-refractivity contribution is -0.144. The Morgan fingerprint density at radius 3 is 2.12 bits per heavy atom. The lowest BCUT2D eigenvalue weighted by atomic mass is 10.1. The van der Waals surface area contributed by atoms with E-state index in [0.717, 1.165) is 11.3 Å². The van der Waals surface area contributed by atoms with E-state index in [2.05, 4.69) is 0 Å². The molecular formula is C19H22ClNO3. The number of rotatable bonds is 6. The van der Waals surface area contributed by atoms with Crippen molar-refractivity contribution >= 4 is 17.5 Å². The summed E-state index contributed by atoms with van der Waals surface area (Å²) >= 11 is 5.87. The second-order valence-corrected chi connectivity index (χ2v) is 6.51. The maximum absolute atomic E-state index is 12.7. The van der Waals surface area contributed by atoms with E-state index >= 15 is 0 Å². The maximum atomic E-state index is 12.7. The van der Waals surface area contributed by atoms with Crippen LogP contribution in [0.5, 0.6) is 11.5 Å². The molecule has 0 spiro atoms. The number of methoxy groups -OCH3 is 1. The molecule has 0 bridgehead atoms. The minimum Gasteiger partial charge on any atom is -0.497 e. The van der Waals surface area contributed by atoms with Gasteiger partial charge >= 0.3 is 0 Å². The molecule has 4 nitrogen and oxygen atoms in total. The summed E-state index contributed by atoms with van der Waals surface area (Å²) < 4.78 is 11.0. The minimum absolute atomic E-state index is 0.103. The predicted octanol–water partition coefficient (Wildman–Crippen LogP) is 4.16. The van der Waals surface area contributed by atoms with Crippen LogP contribution < -0.4 is 9.47 Å². The van der Waals surface area contributed by atoms with Crippen molar-refractivity contribution in [3.05, 3.63) is 59.1 Å². The third-order valence-corrected chi connectivity index (χ3v) is 3.88. The number of hydrogen-bond donors (Lipinski definition) is 0. The molecule has 128 valence electrons. The average Bonchev–Trinajstić information content (AvgIpc) is 2.56. The smallest absolute Gasteiger partial charge is 0.266 e. The Labute approximate surface area is 147 Å². The zero-order valence-corrected chi connectivity index (χ0v) is 15.1. The van der Waals surface area contributed by atoms with E-state index < -0.39 is 5.60 Å². The Balaban J connectivity index is 2.02. The molecule has 0 radical (unpaired) electrons. The number of amides is 1. The summed E-state index contributed by atoms with van der Waals surface area (Å²) in [4.78, 5) is 14.4. The molecule has 0 aromatic heterocycles. The third kappa shape index (κ3) is 4.65. The van der Waals surface area contributed by atoms with Gasteiger partial charge in [0.2, 0.25) is 0 Å². The fourth-order valence-corrected chi connectivity index (χ4v) is 2.50. The number of carbonyl (C=O) groups excluding carboxylic acids is 1. The van der Waals surface area contributed by atoms with Gasteiger partial charge < -0.3 is 14.4 Å². The molecule has 0 unspecified atom stereocenters. The average molecular weight is 348 g/mol. The molecule has 0 fully saturated rings. The van der Waals surface area contributed by atoms with Gasteiger partial charge in [0.1, 0.15) is 11.5 Å². The van der Waals surface area contributed by atoms with Gasteiger partial charge in [-0.2, -0.15) is 0 Å². The largest absolute Gasteiger partial charge is 0.497 e. The first-order valence-electron chi connectivity index (χ1n) is 7.65. The first-order chi connectivity index (χ1) is 11.3. The molecule has 0 aliphatic carbocycles. The molecule has 0 aliphatic rings. The van der Waals surface area contributed by atoms with Crippen LogP contribution in [-0.4, -0.2) is 30.6 Å². The highest BCUT2D eigenvalue weighted by Crippen LogP contribution is 2.23. The van der Waals surface area contributed by atoms with Crippen LogP contribution in [0, 0.1) is 0 Å². The second-order valence-electron chi connectivity index (χ2n) is 6.08. The molecule has 0 atom stereocenters. The quantitative estimate of drug-likeness (QED) is 0.787. The predicted molar refractivity (Wildman–Crippen MR) is 95.6 cm³/mol. The highest BCUT2D eigenvalue weighted by molar-refractivity contribution is 6.30. The fourth-order valence-electron chi connectivity index (χ4n) is 2.38. The molecule has 2 aromatic carbocycles. The van der Waals surface area contributed by atoms with Gasteiger partial charge in [-0.3, -0.25) is 4.79 Å². The maximum Gasteiger partial charge on any atom is 0.266 e. The molecule has 0 heterocycles. The van der Waals surface area contributed by atoms with E-state index in [-0.39, 0.29) is 5.91 Å². The van der Waals surface area contributed by atoms with E-state index in [1.807, 2.05) is 24.3 Å². The molecule has 0 aliphatic heterocycles. The molecule has 2 rings (SSSR count). The van der Waals surface area contributed by atoms with Gasteiger partial charge in [-0.05, 0) is 55.8 Å². The van der Waals surface area contributed by atoms with Crippen molar-refractivity contribution in [3.8, 4) is 11.5 Å². The third-order valence-electron chi connectivity index (χ3n) is 3.63. The van der Waals surface area contributed by atoms with E-state index in [1.165, 1.54) is 0 Å². The van der Waals surface area contributed by atoms with Crippen LogP contribution in [0.15, 0.2) is 48.5 Å². The number of halogens is 1. The fraction of sp³-hybridized carbons (Fsp3) is 0.316. The van der Waals surface area contributed by atoms with Gasteiger partial charge in [-0.25, -0.2) is 0 Å². The monoisotopic (exact) mass is 347 g/mol. The first-order valence-corrected chi connectivity index (χ1v) is 8.03. The van der Waals surface area contributed by atoms with Crippen LogP contribution in [-0.2, 0) is 11.3 Å². The van der Waals surface area contributed by atoms with Crippen LogP contribution in [0.3, 0.4) is 0 Å². The summed E-state index contributed by atoms with van der Waals surface area (Å²) in [6.07, 6.45) is 0. The molecule has 0 saturated carbocycles. The van der Waals surface area contributed by atoms with Gasteiger partial charge in [0, 0.05) is 18.6 Å². The van der Waals surface area contributed by atoms with E-state index in [1.54, 1.807) is 57.2 Å². The van der Waals surface area contributed by atoms with Crippen molar-refractivity contribution in [1.82, 2.24) is 4.90 Å². The van der Waals surface area contributed by atoms with Gasteiger partial charge in [-0.15, -0.1) is 0 Å². The normalized spacial score (nSPS) is 11.0. The molecule has 0 N–H and O–H groups in total. The lowest BCUT2D eigenvalue weighted by Crippen LogP contribution is -2.47. The Morgan fingerprint density at radius 2 is 1.58 bits per heavy atom. The Hall–Kier alpha value is -2.20. The Bertz CT molecular complexity index is 681. The van der Waals surface area contributed by atoms with Gasteiger partial charge in [0.05, 0.1) is 7.11 Å². The summed E-state index contributed by atoms with van der Waals surface area (Å²) in [5, 5.41) is 0.628. The van der Waals surface area contributed by atoms with E-state index in [0.29, 0.717) is 17.3 Å². The molecule has 1 amide bonds. The summed E-state index contributed by atoms with van der Waals surface area (Å²) in [6.45, 7) is 4.01. The minimum atomic E-state index is -0.977. The van der Waals surface area contributed by atoms with Gasteiger partial charge in [0.15, 0.2) is 5.60 Å². The number of likely N-dealkylation sites (N-methyl/N-ethyl adjacent to an activating group) is 1. The van der Waals surface area contributed by atoms with E-state index in [4.69, 9.17) is 21.1 Å². The van der Waals surface area contributed by atoms with Crippen LogP contribution in [0.1, 0.15) is 19.4 Å². The van der Waals surface area contributed by atoms with Crippen molar-refractivity contribution in [2.75, 3.05) is 14.2 Å². The van der Waals surface area contributed by atoms with Crippen LogP contribution in [0.2, 0.25) is 5.02 Å². The molecular weight excluding hydrogens is 326 g/mol. The molecule has 5 heteroatoms. The van der Waals surface area contributed by atoms with Gasteiger partial charge in [0.25, 0.3) is 5.91 Å². The van der Waals surface area contributed by atoms with Crippen molar-refractivity contribution in [1.29, 1.82) is 0 Å². The number of benzene rings is 2.